The second kappa shape index (κ2) is 10.6. The first-order valence-electron chi connectivity index (χ1n) is 10.3. The predicted molar refractivity (Wildman–Crippen MR) is 131 cm³/mol. The van der Waals surface area contributed by atoms with Crippen LogP contribution in [0.5, 0.6) is 5.75 Å². The summed E-state index contributed by atoms with van der Waals surface area (Å²) in [5.74, 6) is -1.12. The number of hydrazone groups is 1. The van der Waals surface area contributed by atoms with Gasteiger partial charge in [0.2, 0.25) is 0 Å². The summed E-state index contributed by atoms with van der Waals surface area (Å²) in [6.07, 6.45) is 1.44. The van der Waals surface area contributed by atoms with Gasteiger partial charge in [0.05, 0.1) is 16.9 Å². The molecule has 0 heterocycles. The van der Waals surface area contributed by atoms with E-state index in [0.717, 1.165) is 10.8 Å². The van der Waals surface area contributed by atoms with Gasteiger partial charge in [0.25, 0.3) is 11.8 Å². The Morgan fingerprint density at radius 2 is 1.71 bits per heavy atom. The van der Waals surface area contributed by atoms with Crippen molar-refractivity contribution >= 4 is 46.1 Å². The molecule has 0 aliphatic carbocycles. The van der Waals surface area contributed by atoms with Crippen molar-refractivity contribution in [1.29, 1.82) is 0 Å². The van der Waals surface area contributed by atoms with Crippen LogP contribution in [-0.4, -0.2) is 24.6 Å². The summed E-state index contributed by atoms with van der Waals surface area (Å²) in [5.41, 5.74) is 3.67. The second-order valence-electron chi connectivity index (χ2n) is 7.27. The monoisotopic (exact) mass is 475 g/mol. The number of halogens is 2. The van der Waals surface area contributed by atoms with Crippen molar-refractivity contribution < 1.29 is 18.7 Å². The van der Waals surface area contributed by atoms with Crippen LogP contribution >= 0.6 is 11.6 Å². The number of amides is 2. The van der Waals surface area contributed by atoms with E-state index in [4.69, 9.17) is 16.3 Å². The molecule has 0 bridgehead atoms. The van der Waals surface area contributed by atoms with Gasteiger partial charge in [-0.1, -0.05) is 54.1 Å². The molecule has 0 radical (unpaired) electrons. The van der Waals surface area contributed by atoms with Crippen LogP contribution in [0.3, 0.4) is 0 Å². The van der Waals surface area contributed by atoms with Crippen molar-refractivity contribution in [3.05, 3.63) is 107 Å². The summed E-state index contributed by atoms with van der Waals surface area (Å²) in [5, 5.41) is 8.66. The largest absolute Gasteiger partial charge is 0.482 e. The molecular formula is C26H19ClFN3O3. The Bertz CT molecular complexity index is 1390. The number of carbonyl (C=O) groups excluding carboxylic acids is 2. The van der Waals surface area contributed by atoms with E-state index in [1.165, 1.54) is 24.4 Å². The molecular weight excluding hydrogens is 457 g/mol. The van der Waals surface area contributed by atoms with E-state index in [9.17, 15) is 14.0 Å². The third kappa shape index (κ3) is 5.76. The number of rotatable bonds is 7. The predicted octanol–water partition coefficient (Wildman–Crippen LogP) is 5.41. The van der Waals surface area contributed by atoms with E-state index >= 15 is 0 Å². The molecule has 0 aliphatic heterocycles. The minimum Gasteiger partial charge on any atom is -0.482 e. The van der Waals surface area contributed by atoms with Crippen molar-refractivity contribution in [3.63, 3.8) is 0 Å². The van der Waals surface area contributed by atoms with E-state index in [1.54, 1.807) is 36.4 Å². The van der Waals surface area contributed by atoms with Gasteiger partial charge in [-0.05, 0) is 58.8 Å². The molecule has 0 aromatic heterocycles. The van der Waals surface area contributed by atoms with Crippen molar-refractivity contribution in [2.24, 2.45) is 5.10 Å². The molecule has 4 aromatic rings. The van der Waals surface area contributed by atoms with Crippen molar-refractivity contribution in [2.45, 2.75) is 0 Å². The second-order valence-corrected chi connectivity index (χ2v) is 7.67. The Morgan fingerprint density at radius 3 is 2.50 bits per heavy atom. The maximum atomic E-state index is 13.6. The lowest BCUT2D eigenvalue weighted by Crippen LogP contribution is -2.20. The van der Waals surface area contributed by atoms with E-state index < -0.39 is 11.7 Å². The smallest absolute Gasteiger partial charge is 0.271 e. The first-order valence-corrected chi connectivity index (χ1v) is 10.7. The number of nitrogens with one attached hydrogen (secondary N) is 2. The molecule has 170 valence electrons. The van der Waals surface area contributed by atoms with Gasteiger partial charge in [-0.2, -0.15) is 5.10 Å². The number of benzene rings is 4. The van der Waals surface area contributed by atoms with Crippen molar-refractivity contribution in [3.8, 4) is 5.75 Å². The molecule has 0 saturated heterocycles. The van der Waals surface area contributed by atoms with E-state index in [0.29, 0.717) is 11.1 Å². The van der Waals surface area contributed by atoms with Gasteiger partial charge < -0.3 is 10.1 Å². The molecule has 0 fully saturated rings. The van der Waals surface area contributed by atoms with Gasteiger partial charge in [-0.15, -0.1) is 0 Å². The number of fused-ring (bicyclic) bond motifs is 1. The van der Waals surface area contributed by atoms with E-state index in [-0.39, 0.29) is 29.0 Å². The average Bonchev–Trinajstić information content (AvgIpc) is 2.84. The summed E-state index contributed by atoms with van der Waals surface area (Å²) in [6, 6.07) is 23.8. The quantitative estimate of drug-likeness (QED) is 0.277. The van der Waals surface area contributed by atoms with Crippen LogP contribution in [0.1, 0.15) is 15.9 Å². The summed E-state index contributed by atoms with van der Waals surface area (Å²) in [6.45, 7) is -0.344. The molecule has 34 heavy (non-hydrogen) atoms. The molecule has 0 spiro atoms. The molecule has 6 nitrogen and oxygen atoms in total. The Hall–Kier alpha value is -4.23. The van der Waals surface area contributed by atoms with Gasteiger partial charge in [-0.25, -0.2) is 9.82 Å². The summed E-state index contributed by atoms with van der Waals surface area (Å²) in [7, 11) is 0. The van der Waals surface area contributed by atoms with Crippen LogP contribution in [0.2, 0.25) is 5.02 Å². The van der Waals surface area contributed by atoms with Crippen molar-refractivity contribution in [2.75, 3.05) is 11.9 Å². The van der Waals surface area contributed by atoms with E-state index in [1.807, 2.05) is 30.3 Å². The third-order valence-corrected chi connectivity index (χ3v) is 5.15. The fourth-order valence-electron chi connectivity index (χ4n) is 3.17. The molecule has 0 aliphatic rings. The highest BCUT2D eigenvalue weighted by atomic mass is 35.5. The zero-order chi connectivity index (χ0) is 23.9. The molecule has 4 rings (SSSR count). The standard InChI is InChI=1S/C26H19ClFN3O3/c27-21-13-17(9-12-24(21)34-16-25(32)30-23-8-4-3-7-22(23)28)15-29-31-26(33)20-11-10-18-5-1-2-6-19(18)14-20/h1-15H,16H2,(H,30,32)(H,31,33)/b29-15-. The van der Waals surface area contributed by atoms with Crippen LogP contribution in [0.4, 0.5) is 10.1 Å². The van der Waals surface area contributed by atoms with Crippen LogP contribution in [0.25, 0.3) is 10.8 Å². The highest BCUT2D eigenvalue weighted by molar-refractivity contribution is 6.32. The first kappa shape index (κ1) is 22.9. The minimum absolute atomic E-state index is 0.0690. The Kier molecular flexibility index (Phi) is 7.15. The van der Waals surface area contributed by atoms with Crippen LogP contribution in [-0.2, 0) is 4.79 Å². The Labute approximate surface area is 200 Å². The van der Waals surface area contributed by atoms with Gasteiger partial charge in [0.15, 0.2) is 6.61 Å². The molecule has 8 heteroatoms. The van der Waals surface area contributed by atoms with Gasteiger partial charge in [0.1, 0.15) is 11.6 Å². The fraction of sp³-hybridized carbons (Fsp3) is 0.0385. The fourth-order valence-corrected chi connectivity index (χ4v) is 3.41. The summed E-state index contributed by atoms with van der Waals surface area (Å²) in [4.78, 5) is 24.4. The van der Waals surface area contributed by atoms with Gasteiger partial charge >= 0.3 is 0 Å². The van der Waals surface area contributed by atoms with Gasteiger partial charge in [0, 0.05) is 5.56 Å². The highest BCUT2D eigenvalue weighted by Gasteiger charge is 2.09. The lowest BCUT2D eigenvalue weighted by molar-refractivity contribution is -0.118. The zero-order valence-corrected chi connectivity index (χ0v) is 18.6. The molecule has 2 amide bonds. The first-order chi connectivity index (χ1) is 16.5. The maximum Gasteiger partial charge on any atom is 0.271 e. The minimum atomic E-state index is -0.537. The molecule has 0 unspecified atom stereocenters. The lowest BCUT2D eigenvalue weighted by Gasteiger charge is -2.09. The number of ether oxygens (including phenoxy) is 1. The van der Waals surface area contributed by atoms with Crippen molar-refractivity contribution in [1.82, 2.24) is 5.43 Å². The highest BCUT2D eigenvalue weighted by Crippen LogP contribution is 2.25. The summed E-state index contributed by atoms with van der Waals surface area (Å²) < 4.78 is 19.0. The maximum absolute atomic E-state index is 13.6. The number of nitrogens with zero attached hydrogens (tertiary/aromatic N) is 1. The number of carbonyl (C=O) groups is 2. The Balaban J connectivity index is 1.32. The van der Waals surface area contributed by atoms with E-state index in [2.05, 4.69) is 15.8 Å². The number of anilines is 1. The normalized spacial score (nSPS) is 10.9. The summed E-state index contributed by atoms with van der Waals surface area (Å²) >= 11 is 6.23. The lowest BCUT2D eigenvalue weighted by atomic mass is 10.1. The van der Waals surface area contributed by atoms with Crippen LogP contribution in [0.15, 0.2) is 90.0 Å². The number of para-hydroxylation sites is 1. The van der Waals surface area contributed by atoms with Gasteiger partial charge in [-0.3, -0.25) is 9.59 Å². The zero-order valence-electron chi connectivity index (χ0n) is 17.8. The Morgan fingerprint density at radius 1 is 0.941 bits per heavy atom. The molecule has 0 saturated carbocycles. The number of hydrogen-bond donors (Lipinski definition) is 2. The van der Waals surface area contributed by atoms with Crippen LogP contribution in [0, 0.1) is 5.82 Å². The average molecular weight is 476 g/mol. The third-order valence-electron chi connectivity index (χ3n) is 4.85. The molecule has 4 aromatic carbocycles. The van der Waals surface area contributed by atoms with Crippen LogP contribution < -0.4 is 15.5 Å². The SMILES string of the molecule is O=C(COc1ccc(/C=N\NC(=O)c2ccc3ccccc3c2)cc1Cl)Nc1ccccc1F. The molecule has 2 N–H and O–H groups in total. The number of hydrogen-bond acceptors (Lipinski definition) is 4. The molecule has 0 atom stereocenters. The topological polar surface area (TPSA) is 79.8 Å².